The van der Waals surface area contributed by atoms with Gasteiger partial charge >= 0.3 is 0 Å². The second-order valence-electron chi connectivity index (χ2n) is 7.20. The second kappa shape index (κ2) is 8.91. The molecule has 1 saturated heterocycles. The fraction of sp³-hybridized carbons (Fsp3) is 0.381. The summed E-state index contributed by atoms with van der Waals surface area (Å²) in [5, 5.41) is 0. The third-order valence-corrected chi connectivity index (χ3v) is 6.39. The monoisotopic (exact) mass is 435 g/mol. The lowest BCUT2D eigenvalue weighted by atomic mass is 10.2. The number of carbonyl (C=O) groups is 1. The molecule has 1 aliphatic heterocycles. The van der Waals surface area contributed by atoms with Crippen molar-refractivity contribution in [3.63, 3.8) is 0 Å². The van der Waals surface area contributed by atoms with Crippen LogP contribution in [-0.4, -0.2) is 64.8 Å². The van der Waals surface area contributed by atoms with Gasteiger partial charge in [-0.1, -0.05) is 18.2 Å². The molecule has 0 saturated carbocycles. The van der Waals surface area contributed by atoms with Gasteiger partial charge in [-0.3, -0.25) is 9.10 Å². The van der Waals surface area contributed by atoms with Crippen molar-refractivity contribution in [1.29, 1.82) is 0 Å². The molecule has 0 aliphatic carbocycles. The van der Waals surface area contributed by atoms with Gasteiger partial charge in [-0.25, -0.2) is 12.8 Å². The van der Waals surface area contributed by atoms with Gasteiger partial charge in [-0.15, -0.1) is 0 Å². The maximum Gasteiger partial charge on any atom is 0.246 e. The average molecular weight is 436 g/mol. The Bertz CT molecular complexity index is 1010. The lowest BCUT2D eigenvalue weighted by Crippen LogP contribution is -2.55. The molecule has 1 heterocycles. The highest BCUT2D eigenvalue weighted by molar-refractivity contribution is 7.92. The van der Waals surface area contributed by atoms with E-state index >= 15 is 0 Å². The molecule has 1 amide bonds. The summed E-state index contributed by atoms with van der Waals surface area (Å²) in [4.78, 5) is 16.9. The Labute approximate surface area is 176 Å². The molecule has 1 aliphatic rings. The van der Waals surface area contributed by atoms with Crippen LogP contribution in [0.4, 0.5) is 15.8 Å². The van der Waals surface area contributed by atoms with Crippen molar-refractivity contribution in [2.24, 2.45) is 0 Å². The largest absolute Gasteiger partial charge is 0.495 e. The Morgan fingerprint density at radius 2 is 1.77 bits per heavy atom. The maximum absolute atomic E-state index is 13.7. The van der Waals surface area contributed by atoms with Crippen molar-refractivity contribution in [2.75, 3.05) is 48.7 Å². The van der Waals surface area contributed by atoms with Crippen molar-refractivity contribution in [1.82, 2.24) is 4.90 Å². The van der Waals surface area contributed by atoms with E-state index in [9.17, 15) is 17.6 Å². The normalized spacial score (nSPS) is 15.6. The first-order chi connectivity index (χ1) is 14.2. The zero-order chi connectivity index (χ0) is 21.9. The van der Waals surface area contributed by atoms with Crippen molar-refractivity contribution < 1.29 is 22.3 Å². The van der Waals surface area contributed by atoms with Crippen LogP contribution in [0, 0.1) is 5.82 Å². The van der Waals surface area contributed by atoms with Crippen LogP contribution in [0.3, 0.4) is 0 Å². The van der Waals surface area contributed by atoms with E-state index in [1.807, 2.05) is 24.3 Å². The van der Waals surface area contributed by atoms with Crippen LogP contribution in [0.5, 0.6) is 5.75 Å². The summed E-state index contributed by atoms with van der Waals surface area (Å²) in [6, 6.07) is 11.9. The number of benzene rings is 2. The van der Waals surface area contributed by atoms with Crippen LogP contribution < -0.4 is 13.9 Å². The fourth-order valence-electron chi connectivity index (χ4n) is 3.74. The molecule has 0 aromatic heterocycles. The average Bonchev–Trinajstić information content (AvgIpc) is 2.72. The number of methoxy groups -OCH3 is 1. The Morgan fingerprint density at radius 3 is 2.37 bits per heavy atom. The molecule has 2 aromatic rings. The first-order valence-electron chi connectivity index (χ1n) is 9.64. The van der Waals surface area contributed by atoms with Gasteiger partial charge < -0.3 is 14.5 Å². The molecule has 0 N–H and O–H groups in total. The maximum atomic E-state index is 13.7. The number of ether oxygens (including phenoxy) is 1. The van der Waals surface area contributed by atoms with Crippen molar-refractivity contribution in [3.05, 3.63) is 54.3 Å². The minimum Gasteiger partial charge on any atom is -0.495 e. The first-order valence-corrected chi connectivity index (χ1v) is 11.5. The number of anilines is 2. The SMILES string of the molecule is COc1ccccc1N1CCN(C(=O)[C@H](C)N(c2cccc(F)c2)S(C)(=O)=O)CC1. The molecule has 2 aromatic carbocycles. The van der Waals surface area contributed by atoms with Gasteiger partial charge in [0.25, 0.3) is 0 Å². The highest BCUT2D eigenvalue weighted by atomic mass is 32.2. The predicted molar refractivity (Wildman–Crippen MR) is 115 cm³/mol. The van der Waals surface area contributed by atoms with Gasteiger partial charge in [0.2, 0.25) is 15.9 Å². The molecule has 0 radical (unpaired) electrons. The number of sulfonamides is 1. The fourth-order valence-corrected chi connectivity index (χ4v) is 4.90. The highest BCUT2D eigenvalue weighted by Crippen LogP contribution is 2.29. The number of halogens is 1. The summed E-state index contributed by atoms with van der Waals surface area (Å²) in [5.41, 5.74) is 1.09. The zero-order valence-electron chi connectivity index (χ0n) is 17.3. The van der Waals surface area contributed by atoms with E-state index in [1.165, 1.54) is 25.1 Å². The number of hydrogen-bond donors (Lipinski definition) is 0. The number of nitrogens with zero attached hydrogens (tertiary/aromatic N) is 3. The van der Waals surface area contributed by atoms with Gasteiger partial charge in [0.1, 0.15) is 17.6 Å². The number of piperazine rings is 1. The Morgan fingerprint density at radius 1 is 1.10 bits per heavy atom. The minimum atomic E-state index is -3.79. The molecule has 0 unspecified atom stereocenters. The van der Waals surface area contributed by atoms with Crippen LogP contribution in [0.25, 0.3) is 0 Å². The predicted octanol–water partition coefficient (Wildman–Crippen LogP) is 2.34. The summed E-state index contributed by atoms with van der Waals surface area (Å²) in [6.45, 7) is 3.61. The number of carbonyl (C=O) groups excluding carboxylic acids is 1. The lowest BCUT2D eigenvalue weighted by molar-refractivity contribution is -0.132. The molecular formula is C21H26FN3O4S. The van der Waals surface area contributed by atoms with Gasteiger partial charge in [-0.2, -0.15) is 0 Å². The lowest BCUT2D eigenvalue weighted by Gasteiger charge is -2.39. The molecule has 0 bridgehead atoms. The van der Waals surface area contributed by atoms with Crippen molar-refractivity contribution in [3.8, 4) is 5.75 Å². The van der Waals surface area contributed by atoms with E-state index in [2.05, 4.69) is 4.90 Å². The van der Waals surface area contributed by atoms with Crippen LogP contribution in [0.1, 0.15) is 6.92 Å². The smallest absolute Gasteiger partial charge is 0.246 e. The molecule has 3 rings (SSSR count). The Balaban J connectivity index is 1.74. The number of para-hydroxylation sites is 2. The van der Waals surface area contributed by atoms with Crippen molar-refractivity contribution >= 4 is 27.3 Å². The molecule has 1 atom stereocenters. The van der Waals surface area contributed by atoms with E-state index in [0.717, 1.165) is 28.1 Å². The molecule has 162 valence electrons. The van der Waals surface area contributed by atoms with Gasteiger partial charge in [0, 0.05) is 26.2 Å². The molecular weight excluding hydrogens is 409 g/mol. The quantitative estimate of drug-likeness (QED) is 0.697. The minimum absolute atomic E-state index is 0.131. The topological polar surface area (TPSA) is 70.2 Å². The van der Waals surface area contributed by atoms with Crippen LogP contribution in [-0.2, 0) is 14.8 Å². The van der Waals surface area contributed by atoms with E-state index in [-0.39, 0.29) is 11.6 Å². The van der Waals surface area contributed by atoms with E-state index in [1.54, 1.807) is 12.0 Å². The van der Waals surface area contributed by atoms with E-state index in [0.29, 0.717) is 26.2 Å². The number of rotatable bonds is 6. The summed E-state index contributed by atoms with van der Waals surface area (Å²) in [6.07, 6.45) is 1.02. The Hall–Kier alpha value is -2.81. The van der Waals surface area contributed by atoms with Gasteiger partial charge in [-0.05, 0) is 37.3 Å². The zero-order valence-corrected chi connectivity index (χ0v) is 18.1. The number of amides is 1. The van der Waals surface area contributed by atoms with E-state index < -0.39 is 21.9 Å². The summed E-state index contributed by atoms with van der Waals surface area (Å²) < 4.78 is 44.8. The third-order valence-electron chi connectivity index (χ3n) is 5.15. The van der Waals surface area contributed by atoms with Crippen LogP contribution in [0.2, 0.25) is 0 Å². The summed E-state index contributed by atoms with van der Waals surface area (Å²) >= 11 is 0. The number of hydrogen-bond acceptors (Lipinski definition) is 5. The van der Waals surface area contributed by atoms with Crippen LogP contribution in [0.15, 0.2) is 48.5 Å². The summed E-state index contributed by atoms with van der Waals surface area (Å²) in [5.74, 6) is -0.115. The molecule has 0 spiro atoms. The highest BCUT2D eigenvalue weighted by Gasteiger charge is 2.33. The summed E-state index contributed by atoms with van der Waals surface area (Å²) in [7, 11) is -2.17. The second-order valence-corrected chi connectivity index (χ2v) is 9.06. The molecule has 9 heteroatoms. The van der Waals surface area contributed by atoms with Crippen LogP contribution >= 0.6 is 0 Å². The molecule has 1 fully saturated rings. The van der Waals surface area contributed by atoms with Crippen molar-refractivity contribution in [2.45, 2.75) is 13.0 Å². The third kappa shape index (κ3) is 4.67. The molecule has 30 heavy (non-hydrogen) atoms. The molecule has 7 nitrogen and oxygen atoms in total. The first kappa shape index (κ1) is 21.9. The van der Waals surface area contributed by atoms with Gasteiger partial charge in [0.05, 0.1) is 24.7 Å². The van der Waals surface area contributed by atoms with E-state index in [4.69, 9.17) is 4.74 Å². The van der Waals surface area contributed by atoms with Gasteiger partial charge in [0.15, 0.2) is 0 Å². The Kier molecular flexibility index (Phi) is 6.50. The standard InChI is InChI=1S/C21H26FN3O4S/c1-16(25(30(3,27)28)18-8-6-7-17(22)15-18)21(26)24-13-11-23(12-14-24)19-9-4-5-10-20(19)29-2/h4-10,15-16H,11-14H2,1-3H3/t16-/m0/s1.